The highest BCUT2D eigenvalue weighted by molar-refractivity contribution is 7.92. The molecule has 0 saturated carbocycles. The Morgan fingerprint density at radius 2 is 1.42 bits per heavy atom. The molecule has 0 radical (unpaired) electrons. The van der Waals surface area contributed by atoms with Crippen molar-refractivity contribution in [3.63, 3.8) is 0 Å². The molecule has 4 rings (SSSR count). The Balaban J connectivity index is 1.60. The lowest BCUT2D eigenvalue weighted by molar-refractivity contribution is 0.102. The summed E-state index contributed by atoms with van der Waals surface area (Å²) in [7, 11) is -3.84. The molecule has 6 heteroatoms. The van der Waals surface area contributed by atoms with Gasteiger partial charge in [-0.15, -0.1) is 0 Å². The first kappa shape index (κ1) is 20.6. The van der Waals surface area contributed by atoms with E-state index in [0.717, 1.165) is 16.3 Å². The Kier molecular flexibility index (Phi) is 5.48. The number of carbonyl (C=O) groups is 1. The number of carbonyl (C=O) groups excluding carboxylic acids is 1. The first-order valence-electron chi connectivity index (χ1n) is 9.82. The third-order valence-corrected chi connectivity index (χ3v) is 6.57. The van der Waals surface area contributed by atoms with Crippen molar-refractivity contribution in [2.24, 2.45) is 0 Å². The van der Waals surface area contributed by atoms with E-state index >= 15 is 0 Å². The standard InChI is InChI=1S/C25H22N2O3S/c1-17-7-12-22(13-8-17)27-31(29,30)24-16-21(10-9-18(24)2)25(28)26-23-14-11-19-5-3-4-6-20(19)15-23/h3-16,27H,1-2H3,(H,26,28). The zero-order valence-corrected chi connectivity index (χ0v) is 18.0. The zero-order chi connectivity index (χ0) is 22.0. The first-order valence-corrected chi connectivity index (χ1v) is 11.3. The van der Waals surface area contributed by atoms with Crippen LogP contribution >= 0.6 is 0 Å². The van der Waals surface area contributed by atoms with Crippen molar-refractivity contribution < 1.29 is 13.2 Å². The van der Waals surface area contributed by atoms with Crippen LogP contribution in [0.5, 0.6) is 0 Å². The summed E-state index contributed by atoms with van der Waals surface area (Å²) in [5, 5.41) is 4.93. The van der Waals surface area contributed by atoms with E-state index in [2.05, 4.69) is 10.0 Å². The van der Waals surface area contributed by atoms with Crippen molar-refractivity contribution in [2.45, 2.75) is 18.7 Å². The van der Waals surface area contributed by atoms with Gasteiger partial charge >= 0.3 is 0 Å². The van der Waals surface area contributed by atoms with Crippen molar-refractivity contribution >= 4 is 38.1 Å². The molecule has 0 saturated heterocycles. The molecule has 31 heavy (non-hydrogen) atoms. The second-order valence-corrected chi connectivity index (χ2v) is 9.12. The Morgan fingerprint density at radius 3 is 2.16 bits per heavy atom. The Morgan fingerprint density at radius 1 is 0.742 bits per heavy atom. The van der Waals surface area contributed by atoms with E-state index in [1.165, 1.54) is 6.07 Å². The maximum Gasteiger partial charge on any atom is 0.262 e. The largest absolute Gasteiger partial charge is 0.322 e. The molecule has 4 aromatic carbocycles. The number of hydrogen-bond donors (Lipinski definition) is 2. The van der Waals surface area contributed by atoms with Gasteiger partial charge in [0.25, 0.3) is 15.9 Å². The number of fused-ring (bicyclic) bond motifs is 1. The SMILES string of the molecule is Cc1ccc(NS(=O)(=O)c2cc(C(=O)Nc3ccc4ccccc4c3)ccc2C)cc1. The van der Waals surface area contributed by atoms with Gasteiger partial charge in [-0.25, -0.2) is 8.42 Å². The molecule has 0 unspecified atom stereocenters. The van der Waals surface area contributed by atoms with Crippen molar-refractivity contribution in [2.75, 3.05) is 10.0 Å². The van der Waals surface area contributed by atoms with Crippen LogP contribution in [0.3, 0.4) is 0 Å². The quantitative estimate of drug-likeness (QED) is 0.438. The summed E-state index contributed by atoms with van der Waals surface area (Å²) in [5.41, 5.74) is 2.97. The maximum absolute atomic E-state index is 12.9. The normalized spacial score (nSPS) is 11.3. The molecule has 0 atom stereocenters. The molecule has 0 bridgehead atoms. The molecule has 4 aromatic rings. The second-order valence-electron chi connectivity index (χ2n) is 7.47. The van der Waals surface area contributed by atoms with E-state index in [4.69, 9.17) is 0 Å². The summed E-state index contributed by atoms with van der Waals surface area (Å²) in [5.74, 6) is -0.373. The Bertz CT molecular complexity index is 1380. The molecule has 0 heterocycles. The van der Waals surface area contributed by atoms with Crippen LogP contribution in [0, 0.1) is 13.8 Å². The fraction of sp³-hybridized carbons (Fsp3) is 0.0800. The molecular formula is C25H22N2O3S. The van der Waals surface area contributed by atoms with Gasteiger partial charge < -0.3 is 5.32 Å². The van der Waals surface area contributed by atoms with Gasteiger partial charge in [-0.3, -0.25) is 9.52 Å². The lowest BCUT2D eigenvalue weighted by Crippen LogP contribution is -2.17. The van der Waals surface area contributed by atoms with Gasteiger partial charge in [0.1, 0.15) is 0 Å². The molecule has 1 amide bonds. The predicted octanol–water partition coefficient (Wildman–Crippen LogP) is 5.51. The van der Waals surface area contributed by atoms with E-state index in [1.54, 1.807) is 31.2 Å². The van der Waals surface area contributed by atoms with Crippen molar-refractivity contribution in [3.05, 3.63) is 102 Å². The van der Waals surface area contributed by atoms with Gasteiger partial charge in [-0.1, -0.05) is 54.1 Å². The zero-order valence-electron chi connectivity index (χ0n) is 17.2. The molecule has 0 aromatic heterocycles. The van der Waals surface area contributed by atoms with Gasteiger partial charge in [-0.2, -0.15) is 0 Å². The maximum atomic E-state index is 12.9. The number of rotatable bonds is 5. The number of hydrogen-bond acceptors (Lipinski definition) is 3. The van der Waals surface area contributed by atoms with Crippen LogP contribution in [0.4, 0.5) is 11.4 Å². The molecule has 0 aliphatic rings. The van der Waals surface area contributed by atoms with E-state index < -0.39 is 10.0 Å². The van der Waals surface area contributed by atoms with Crippen LogP contribution in [-0.2, 0) is 10.0 Å². The van der Waals surface area contributed by atoms with Gasteiger partial charge in [0, 0.05) is 16.9 Å². The molecule has 0 fully saturated rings. The fourth-order valence-corrected chi connectivity index (χ4v) is 4.66. The van der Waals surface area contributed by atoms with Gasteiger partial charge in [0.2, 0.25) is 0 Å². The Hall–Kier alpha value is -3.64. The van der Waals surface area contributed by atoms with Gasteiger partial charge in [-0.05, 0) is 66.6 Å². The molecule has 0 aliphatic carbocycles. The average Bonchev–Trinajstić information content (AvgIpc) is 2.75. The van der Waals surface area contributed by atoms with E-state index in [-0.39, 0.29) is 16.4 Å². The summed E-state index contributed by atoms with van der Waals surface area (Å²) in [6.07, 6.45) is 0. The minimum atomic E-state index is -3.84. The van der Waals surface area contributed by atoms with Crippen LogP contribution in [-0.4, -0.2) is 14.3 Å². The van der Waals surface area contributed by atoms with E-state index in [1.807, 2.05) is 61.5 Å². The summed E-state index contributed by atoms with van der Waals surface area (Å²) >= 11 is 0. The summed E-state index contributed by atoms with van der Waals surface area (Å²) in [6, 6.07) is 25.2. The van der Waals surface area contributed by atoms with Crippen LogP contribution in [0.2, 0.25) is 0 Å². The lowest BCUT2D eigenvalue weighted by atomic mass is 10.1. The highest BCUT2D eigenvalue weighted by Gasteiger charge is 2.19. The van der Waals surface area contributed by atoms with Crippen LogP contribution in [0.15, 0.2) is 89.8 Å². The lowest BCUT2D eigenvalue weighted by Gasteiger charge is -2.13. The van der Waals surface area contributed by atoms with Gasteiger partial charge in [0.15, 0.2) is 0 Å². The van der Waals surface area contributed by atoms with Crippen LogP contribution in [0.25, 0.3) is 10.8 Å². The molecule has 5 nitrogen and oxygen atoms in total. The summed E-state index contributed by atoms with van der Waals surface area (Å²) in [6.45, 7) is 3.63. The van der Waals surface area contributed by atoms with Crippen LogP contribution < -0.4 is 10.0 Å². The molecule has 2 N–H and O–H groups in total. The first-order chi connectivity index (χ1) is 14.8. The van der Waals surface area contributed by atoms with E-state index in [9.17, 15) is 13.2 Å². The molecular weight excluding hydrogens is 408 g/mol. The summed E-state index contributed by atoms with van der Waals surface area (Å²) in [4.78, 5) is 12.9. The molecule has 0 spiro atoms. The third-order valence-electron chi connectivity index (χ3n) is 5.05. The molecule has 156 valence electrons. The van der Waals surface area contributed by atoms with E-state index in [0.29, 0.717) is 16.9 Å². The highest BCUT2D eigenvalue weighted by Crippen LogP contribution is 2.23. The summed E-state index contributed by atoms with van der Waals surface area (Å²) < 4.78 is 28.5. The smallest absolute Gasteiger partial charge is 0.262 e. The van der Waals surface area contributed by atoms with Crippen molar-refractivity contribution in [1.82, 2.24) is 0 Å². The number of benzene rings is 4. The average molecular weight is 431 g/mol. The number of aryl methyl sites for hydroxylation is 2. The molecule has 0 aliphatic heterocycles. The van der Waals surface area contributed by atoms with Gasteiger partial charge in [0.05, 0.1) is 4.90 Å². The topological polar surface area (TPSA) is 75.3 Å². The highest BCUT2D eigenvalue weighted by atomic mass is 32.2. The number of amides is 1. The van der Waals surface area contributed by atoms with Crippen molar-refractivity contribution in [3.8, 4) is 0 Å². The monoisotopic (exact) mass is 430 g/mol. The minimum absolute atomic E-state index is 0.0687. The number of sulfonamides is 1. The van der Waals surface area contributed by atoms with Crippen LogP contribution in [0.1, 0.15) is 21.5 Å². The van der Waals surface area contributed by atoms with Crippen molar-refractivity contribution in [1.29, 1.82) is 0 Å². The Labute approximate surface area is 181 Å². The fourth-order valence-electron chi connectivity index (χ4n) is 3.33. The number of nitrogens with one attached hydrogen (secondary N) is 2. The minimum Gasteiger partial charge on any atom is -0.322 e. The third kappa shape index (κ3) is 4.59. The second kappa shape index (κ2) is 8.24. The predicted molar refractivity (Wildman–Crippen MR) is 125 cm³/mol. The number of anilines is 2.